The van der Waals surface area contributed by atoms with Crippen LogP contribution in [0.15, 0.2) is 34.9 Å². The van der Waals surface area contributed by atoms with Crippen LogP contribution in [0.2, 0.25) is 0 Å². The van der Waals surface area contributed by atoms with Crippen molar-refractivity contribution in [2.75, 3.05) is 0 Å². The standard InChI is InChI=1S/C14H15BrN2O/c1-17-13(12(15)8-16-17)14(18)11-6-4-10(5-7-11)9-2-3-9/h4-9,14,18H,2-3H2,1H3. The zero-order valence-electron chi connectivity index (χ0n) is 10.2. The molecule has 1 aliphatic carbocycles. The third-order valence-electron chi connectivity index (χ3n) is 3.50. The van der Waals surface area contributed by atoms with E-state index >= 15 is 0 Å². The van der Waals surface area contributed by atoms with Crippen LogP contribution in [-0.4, -0.2) is 14.9 Å². The largest absolute Gasteiger partial charge is 0.382 e. The second-order valence-electron chi connectivity index (χ2n) is 4.84. The monoisotopic (exact) mass is 306 g/mol. The van der Waals surface area contributed by atoms with Gasteiger partial charge < -0.3 is 5.11 Å². The molecule has 1 aromatic heterocycles. The van der Waals surface area contributed by atoms with E-state index < -0.39 is 6.10 Å². The normalized spacial score (nSPS) is 16.8. The summed E-state index contributed by atoms with van der Waals surface area (Å²) in [6, 6.07) is 8.27. The van der Waals surface area contributed by atoms with E-state index in [1.54, 1.807) is 10.9 Å². The van der Waals surface area contributed by atoms with Crippen molar-refractivity contribution in [3.05, 3.63) is 51.8 Å². The van der Waals surface area contributed by atoms with Gasteiger partial charge in [-0.2, -0.15) is 5.10 Å². The Balaban J connectivity index is 1.89. The molecule has 1 heterocycles. The maximum Gasteiger partial charge on any atom is 0.122 e. The molecule has 1 saturated carbocycles. The fourth-order valence-electron chi connectivity index (χ4n) is 2.25. The topological polar surface area (TPSA) is 38.0 Å². The minimum atomic E-state index is -0.639. The second kappa shape index (κ2) is 4.52. The molecule has 3 rings (SSSR count). The molecule has 0 amide bonds. The number of aryl methyl sites for hydroxylation is 1. The van der Waals surface area contributed by atoms with E-state index in [2.05, 4.69) is 33.2 Å². The predicted octanol–water partition coefficient (Wildman–Crippen LogP) is 3.14. The summed E-state index contributed by atoms with van der Waals surface area (Å²) >= 11 is 3.42. The van der Waals surface area contributed by atoms with Crippen LogP contribution in [0.1, 0.15) is 41.7 Å². The van der Waals surface area contributed by atoms with Crippen molar-refractivity contribution < 1.29 is 5.11 Å². The van der Waals surface area contributed by atoms with Crippen LogP contribution in [0.5, 0.6) is 0 Å². The van der Waals surface area contributed by atoms with Crippen LogP contribution in [0.4, 0.5) is 0 Å². The van der Waals surface area contributed by atoms with Crippen molar-refractivity contribution in [3.8, 4) is 0 Å². The number of halogens is 1. The highest BCUT2D eigenvalue weighted by molar-refractivity contribution is 9.10. The van der Waals surface area contributed by atoms with Crippen molar-refractivity contribution in [1.82, 2.24) is 9.78 Å². The van der Waals surface area contributed by atoms with Gasteiger partial charge in [-0.05, 0) is 45.8 Å². The third-order valence-corrected chi connectivity index (χ3v) is 4.11. The summed E-state index contributed by atoms with van der Waals surface area (Å²) in [5, 5.41) is 14.5. The molecule has 0 saturated heterocycles. The zero-order valence-corrected chi connectivity index (χ0v) is 11.8. The Bertz CT molecular complexity index is 538. The summed E-state index contributed by atoms with van der Waals surface area (Å²) < 4.78 is 2.53. The smallest absolute Gasteiger partial charge is 0.122 e. The van der Waals surface area contributed by atoms with Crippen LogP contribution < -0.4 is 0 Å². The summed E-state index contributed by atoms with van der Waals surface area (Å²) in [6.45, 7) is 0. The fourth-order valence-corrected chi connectivity index (χ4v) is 2.82. The van der Waals surface area contributed by atoms with Gasteiger partial charge in [0, 0.05) is 7.05 Å². The Morgan fingerprint density at radius 1 is 1.33 bits per heavy atom. The number of hydrogen-bond donors (Lipinski definition) is 1. The average molecular weight is 307 g/mol. The molecule has 4 heteroatoms. The number of rotatable bonds is 3. The summed E-state index contributed by atoms with van der Waals surface area (Å²) in [5.74, 6) is 0.750. The van der Waals surface area contributed by atoms with Gasteiger partial charge in [-0.15, -0.1) is 0 Å². The lowest BCUT2D eigenvalue weighted by atomic mass is 10.0. The van der Waals surface area contributed by atoms with Gasteiger partial charge in [0.05, 0.1) is 16.4 Å². The van der Waals surface area contributed by atoms with E-state index in [1.807, 2.05) is 19.2 Å². The lowest BCUT2D eigenvalue weighted by Crippen LogP contribution is -2.07. The Kier molecular flexibility index (Phi) is 2.99. The van der Waals surface area contributed by atoms with E-state index in [0.717, 1.165) is 21.6 Å². The third kappa shape index (κ3) is 2.10. The maximum atomic E-state index is 10.4. The highest BCUT2D eigenvalue weighted by Gasteiger charge is 2.24. The van der Waals surface area contributed by atoms with Gasteiger partial charge in [0.2, 0.25) is 0 Å². The van der Waals surface area contributed by atoms with Crippen molar-refractivity contribution in [2.45, 2.75) is 24.9 Å². The molecular formula is C14H15BrN2O. The second-order valence-corrected chi connectivity index (χ2v) is 5.70. The molecule has 2 aromatic rings. The number of nitrogens with zero attached hydrogens (tertiary/aromatic N) is 2. The molecule has 0 spiro atoms. The Morgan fingerprint density at radius 3 is 2.50 bits per heavy atom. The summed E-state index contributed by atoms with van der Waals surface area (Å²) in [6.07, 6.45) is 3.67. The fraction of sp³-hybridized carbons (Fsp3) is 0.357. The SMILES string of the molecule is Cn1ncc(Br)c1C(O)c1ccc(C2CC2)cc1. The first-order valence-corrected chi connectivity index (χ1v) is 6.91. The van der Waals surface area contributed by atoms with Gasteiger partial charge in [-0.3, -0.25) is 4.68 Å². The number of hydrogen-bond acceptors (Lipinski definition) is 2. The first-order valence-electron chi connectivity index (χ1n) is 6.12. The predicted molar refractivity (Wildman–Crippen MR) is 73.4 cm³/mol. The lowest BCUT2D eigenvalue weighted by Gasteiger charge is -2.13. The highest BCUT2D eigenvalue weighted by Crippen LogP contribution is 2.40. The molecule has 3 nitrogen and oxygen atoms in total. The molecule has 1 unspecified atom stereocenters. The molecular weight excluding hydrogens is 292 g/mol. The molecule has 1 atom stereocenters. The van der Waals surface area contributed by atoms with Gasteiger partial charge in [-0.1, -0.05) is 24.3 Å². The molecule has 18 heavy (non-hydrogen) atoms. The van der Waals surface area contributed by atoms with Crippen LogP contribution in [0.25, 0.3) is 0 Å². The molecule has 94 valence electrons. The maximum absolute atomic E-state index is 10.4. The summed E-state index contributed by atoms with van der Waals surface area (Å²) in [7, 11) is 1.84. The number of benzene rings is 1. The number of aliphatic hydroxyl groups is 1. The lowest BCUT2D eigenvalue weighted by molar-refractivity contribution is 0.209. The Labute approximate surface area is 115 Å². The van der Waals surface area contributed by atoms with Gasteiger partial charge in [0.15, 0.2) is 0 Å². The van der Waals surface area contributed by atoms with Crippen LogP contribution in [0.3, 0.4) is 0 Å². The molecule has 1 aliphatic rings. The van der Waals surface area contributed by atoms with Crippen LogP contribution in [0, 0.1) is 0 Å². The van der Waals surface area contributed by atoms with Crippen LogP contribution in [-0.2, 0) is 7.05 Å². The Hall–Kier alpha value is -1.13. The minimum Gasteiger partial charge on any atom is -0.382 e. The van der Waals surface area contributed by atoms with Gasteiger partial charge in [0.1, 0.15) is 6.10 Å². The van der Waals surface area contributed by atoms with E-state index in [4.69, 9.17) is 0 Å². The number of aromatic nitrogens is 2. The van der Waals surface area contributed by atoms with E-state index in [0.29, 0.717) is 0 Å². The summed E-state index contributed by atoms with van der Waals surface area (Å²) in [4.78, 5) is 0. The molecule has 0 aliphatic heterocycles. The first kappa shape index (κ1) is 11.9. The molecule has 0 radical (unpaired) electrons. The molecule has 1 aromatic carbocycles. The highest BCUT2D eigenvalue weighted by atomic mass is 79.9. The van der Waals surface area contributed by atoms with Gasteiger partial charge >= 0.3 is 0 Å². The van der Waals surface area contributed by atoms with Crippen molar-refractivity contribution in [2.24, 2.45) is 7.05 Å². The quantitative estimate of drug-likeness (QED) is 0.946. The van der Waals surface area contributed by atoms with E-state index in [9.17, 15) is 5.11 Å². The minimum absolute atomic E-state index is 0.639. The molecule has 1 fully saturated rings. The van der Waals surface area contributed by atoms with E-state index in [1.165, 1.54) is 18.4 Å². The van der Waals surface area contributed by atoms with Crippen LogP contribution >= 0.6 is 15.9 Å². The molecule has 0 bridgehead atoms. The van der Waals surface area contributed by atoms with Gasteiger partial charge in [-0.25, -0.2) is 0 Å². The van der Waals surface area contributed by atoms with Crippen molar-refractivity contribution in [1.29, 1.82) is 0 Å². The van der Waals surface area contributed by atoms with Gasteiger partial charge in [0.25, 0.3) is 0 Å². The van der Waals surface area contributed by atoms with Crippen molar-refractivity contribution >= 4 is 15.9 Å². The van der Waals surface area contributed by atoms with Crippen molar-refractivity contribution in [3.63, 3.8) is 0 Å². The van der Waals surface area contributed by atoms with E-state index in [-0.39, 0.29) is 0 Å². The Morgan fingerprint density at radius 2 is 2.00 bits per heavy atom. The number of aliphatic hydroxyl groups excluding tert-OH is 1. The first-order chi connectivity index (χ1) is 8.66. The zero-order chi connectivity index (χ0) is 12.7. The average Bonchev–Trinajstić information content (AvgIpc) is 3.16. The molecule has 1 N–H and O–H groups in total. The summed E-state index contributed by atoms with van der Waals surface area (Å²) in [5.41, 5.74) is 3.08.